The molecule has 3 heteroatoms. The van der Waals surface area contributed by atoms with Crippen molar-refractivity contribution >= 4 is 23.7 Å². The molecule has 0 aliphatic carbocycles. The number of hydrogen-bond acceptors (Lipinski definition) is 2. The molecule has 0 unspecified atom stereocenters. The SMILES string of the molecule is CCCC[C@@H](N)c1cccs1.Cl. The van der Waals surface area contributed by atoms with Crippen LogP contribution >= 0.6 is 23.7 Å². The highest BCUT2D eigenvalue weighted by Crippen LogP contribution is 2.20. The Balaban J connectivity index is 0.00000121. The number of halogens is 1. The third-order valence-corrected chi connectivity index (χ3v) is 2.78. The lowest BCUT2D eigenvalue weighted by Gasteiger charge is -2.07. The molecule has 0 bridgehead atoms. The molecule has 1 aromatic heterocycles. The summed E-state index contributed by atoms with van der Waals surface area (Å²) in [6.07, 6.45) is 3.59. The average Bonchev–Trinajstić information content (AvgIpc) is 2.52. The van der Waals surface area contributed by atoms with E-state index in [1.54, 1.807) is 11.3 Å². The molecule has 0 aliphatic heterocycles. The van der Waals surface area contributed by atoms with E-state index < -0.39 is 0 Å². The van der Waals surface area contributed by atoms with Gasteiger partial charge in [-0.05, 0) is 17.9 Å². The van der Waals surface area contributed by atoms with Crippen molar-refractivity contribution in [2.24, 2.45) is 5.73 Å². The van der Waals surface area contributed by atoms with Gasteiger partial charge in [0.25, 0.3) is 0 Å². The first-order valence-electron chi connectivity index (χ1n) is 4.13. The summed E-state index contributed by atoms with van der Waals surface area (Å²) in [5, 5.41) is 2.08. The zero-order valence-corrected chi connectivity index (χ0v) is 8.96. The summed E-state index contributed by atoms with van der Waals surface area (Å²) in [4.78, 5) is 1.32. The fourth-order valence-corrected chi connectivity index (χ4v) is 1.83. The van der Waals surface area contributed by atoms with E-state index in [9.17, 15) is 0 Å². The Labute approximate surface area is 84.4 Å². The molecule has 1 atom stereocenters. The first-order chi connectivity index (χ1) is 5.34. The Hall–Kier alpha value is -0.0500. The van der Waals surface area contributed by atoms with Crippen molar-refractivity contribution in [2.45, 2.75) is 32.2 Å². The first kappa shape index (κ1) is 11.9. The van der Waals surface area contributed by atoms with Crippen molar-refractivity contribution in [3.05, 3.63) is 22.4 Å². The normalized spacial score (nSPS) is 12.2. The Morgan fingerprint density at radius 3 is 2.83 bits per heavy atom. The van der Waals surface area contributed by atoms with Gasteiger partial charge in [-0.1, -0.05) is 25.8 Å². The number of rotatable bonds is 4. The number of nitrogens with two attached hydrogens (primary N) is 1. The largest absolute Gasteiger partial charge is 0.323 e. The second kappa shape index (κ2) is 6.46. The average molecular weight is 206 g/mol. The maximum Gasteiger partial charge on any atom is 0.0389 e. The minimum absolute atomic E-state index is 0. The Bertz CT molecular complexity index is 186. The van der Waals surface area contributed by atoms with Gasteiger partial charge in [-0.25, -0.2) is 0 Å². The van der Waals surface area contributed by atoms with Crippen molar-refractivity contribution in [1.82, 2.24) is 0 Å². The van der Waals surface area contributed by atoms with Crippen molar-refractivity contribution in [3.8, 4) is 0 Å². The van der Waals surface area contributed by atoms with Crippen molar-refractivity contribution < 1.29 is 0 Å². The van der Waals surface area contributed by atoms with Gasteiger partial charge in [-0.2, -0.15) is 0 Å². The lowest BCUT2D eigenvalue weighted by molar-refractivity contribution is 0.611. The molecule has 70 valence electrons. The van der Waals surface area contributed by atoms with E-state index in [1.807, 2.05) is 0 Å². The van der Waals surface area contributed by atoms with Gasteiger partial charge in [0.15, 0.2) is 0 Å². The summed E-state index contributed by atoms with van der Waals surface area (Å²) in [5.41, 5.74) is 5.94. The molecule has 0 saturated carbocycles. The minimum Gasteiger partial charge on any atom is -0.323 e. The van der Waals surface area contributed by atoms with E-state index in [2.05, 4.69) is 24.4 Å². The van der Waals surface area contributed by atoms with Crippen LogP contribution in [0.2, 0.25) is 0 Å². The molecule has 1 rings (SSSR count). The maximum atomic E-state index is 5.94. The molecule has 0 fully saturated rings. The molecule has 0 amide bonds. The van der Waals surface area contributed by atoms with Gasteiger partial charge in [0.05, 0.1) is 0 Å². The molecule has 0 saturated heterocycles. The summed E-state index contributed by atoms with van der Waals surface area (Å²) < 4.78 is 0. The molecule has 1 heterocycles. The third kappa shape index (κ3) is 3.57. The van der Waals surface area contributed by atoms with Crippen molar-refractivity contribution in [3.63, 3.8) is 0 Å². The van der Waals surface area contributed by atoms with Crippen LogP contribution in [0.4, 0.5) is 0 Å². The molecule has 1 nitrogen and oxygen atoms in total. The van der Waals surface area contributed by atoms with Gasteiger partial charge in [0.2, 0.25) is 0 Å². The Morgan fingerprint density at radius 2 is 2.33 bits per heavy atom. The van der Waals surface area contributed by atoms with E-state index in [0.717, 1.165) is 6.42 Å². The quantitative estimate of drug-likeness (QED) is 0.802. The zero-order valence-electron chi connectivity index (χ0n) is 7.32. The molecule has 2 N–H and O–H groups in total. The lowest BCUT2D eigenvalue weighted by Crippen LogP contribution is -2.07. The van der Waals surface area contributed by atoms with Crippen LogP contribution in [-0.4, -0.2) is 0 Å². The second-order valence-electron chi connectivity index (χ2n) is 2.76. The lowest BCUT2D eigenvalue weighted by atomic mass is 10.1. The third-order valence-electron chi connectivity index (χ3n) is 1.78. The summed E-state index contributed by atoms with van der Waals surface area (Å²) in [6, 6.07) is 4.45. The Kier molecular flexibility index (Phi) is 6.44. The fraction of sp³-hybridized carbons (Fsp3) is 0.556. The van der Waals surface area contributed by atoms with Crippen LogP contribution in [0.3, 0.4) is 0 Å². The highest BCUT2D eigenvalue weighted by atomic mass is 35.5. The predicted molar refractivity (Wildman–Crippen MR) is 58.0 cm³/mol. The standard InChI is InChI=1S/C9H15NS.ClH/c1-2-3-5-8(10)9-6-4-7-11-9;/h4,6-8H,2-3,5,10H2,1H3;1H/t8-;/m1./s1. The molecular formula is C9H16ClNS. The van der Waals surface area contributed by atoms with E-state index in [1.165, 1.54) is 17.7 Å². The highest BCUT2D eigenvalue weighted by molar-refractivity contribution is 7.10. The van der Waals surface area contributed by atoms with Gasteiger partial charge in [0, 0.05) is 10.9 Å². The van der Waals surface area contributed by atoms with E-state index in [0.29, 0.717) is 0 Å². The van der Waals surface area contributed by atoms with Crippen LogP contribution in [0.25, 0.3) is 0 Å². The van der Waals surface area contributed by atoms with Gasteiger partial charge < -0.3 is 5.73 Å². The summed E-state index contributed by atoms with van der Waals surface area (Å²) in [6.45, 7) is 2.20. The van der Waals surface area contributed by atoms with Gasteiger partial charge in [-0.15, -0.1) is 23.7 Å². The van der Waals surface area contributed by atoms with E-state index in [-0.39, 0.29) is 18.4 Å². The Morgan fingerprint density at radius 1 is 1.58 bits per heavy atom. The molecular weight excluding hydrogens is 190 g/mol. The highest BCUT2D eigenvalue weighted by Gasteiger charge is 2.04. The summed E-state index contributed by atoms with van der Waals surface area (Å²) >= 11 is 1.76. The fourth-order valence-electron chi connectivity index (χ4n) is 1.07. The molecule has 1 aromatic rings. The van der Waals surface area contributed by atoms with Gasteiger partial charge in [-0.3, -0.25) is 0 Å². The minimum atomic E-state index is 0. The van der Waals surface area contributed by atoms with Gasteiger partial charge in [0.1, 0.15) is 0 Å². The van der Waals surface area contributed by atoms with Gasteiger partial charge >= 0.3 is 0 Å². The van der Waals surface area contributed by atoms with Crippen LogP contribution in [0, 0.1) is 0 Å². The van der Waals surface area contributed by atoms with Crippen LogP contribution in [0.15, 0.2) is 17.5 Å². The first-order valence-corrected chi connectivity index (χ1v) is 5.01. The predicted octanol–water partition coefficient (Wildman–Crippen LogP) is 3.36. The summed E-state index contributed by atoms with van der Waals surface area (Å²) in [7, 11) is 0. The van der Waals surface area contributed by atoms with Crippen molar-refractivity contribution in [1.29, 1.82) is 0 Å². The van der Waals surface area contributed by atoms with Crippen molar-refractivity contribution in [2.75, 3.05) is 0 Å². The summed E-state index contributed by atoms with van der Waals surface area (Å²) in [5.74, 6) is 0. The van der Waals surface area contributed by atoms with E-state index in [4.69, 9.17) is 5.73 Å². The van der Waals surface area contributed by atoms with Crippen LogP contribution in [0.1, 0.15) is 37.1 Å². The second-order valence-corrected chi connectivity index (χ2v) is 3.74. The van der Waals surface area contributed by atoms with E-state index >= 15 is 0 Å². The smallest absolute Gasteiger partial charge is 0.0389 e. The van der Waals surface area contributed by atoms with Crippen LogP contribution < -0.4 is 5.73 Å². The number of thiophene rings is 1. The molecule has 0 radical (unpaired) electrons. The monoisotopic (exact) mass is 205 g/mol. The maximum absolute atomic E-state index is 5.94. The number of hydrogen-bond donors (Lipinski definition) is 1. The molecule has 0 aliphatic rings. The van der Waals surface area contributed by atoms with Crippen LogP contribution in [-0.2, 0) is 0 Å². The number of unbranched alkanes of at least 4 members (excludes halogenated alkanes) is 1. The molecule has 0 spiro atoms. The van der Waals surface area contributed by atoms with Crippen LogP contribution in [0.5, 0.6) is 0 Å². The zero-order chi connectivity index (χ0) is 8.10. The molecule has 12 heavy (non-hydrogen) atoms. The molecule has 0 aromatic carbocycles. The topological polar surface area (TPSA) is 26.0 Å².